The van der Waals surface area contributed by atoms with Gasteiger partial charge >= 0.3 is 0 Å². The van der Waals surface area contributed by atoms with Gasteiger partial charge in [0.15, 0.2) is 0 Å². The van der Waals surface area contributed by atoms with Crippen LogP contribution < -0.4 is 0 Å². The van der Waals surface area contributed by atoms with E-state index in [2.05, 4.69) is 73.8 Å². The monoisotopic (exact) mass is 302 g/mol. The fourth-order valence-corrected chi connectivity index (χ4v) is 3.63. The first-order chi connectivity index (χ1) is 11.2. The highest BCUT2D eigenvalue weighted by Gasteiger charge is 2.25. The van der Waals surface area contributed by atoms with Gasteiger partial charge in [0.05, 0.1) is 11.0 Å². The Bertz CT molecular complexity index is 1010. The van der Waals surface area contributed by atoms with Crippen molar-refractivity contribution in [2.24, 2.45) is 0 Å². The minimum atomic E-state index is 0.184. The molecule has 0 aliphatic heterocycles. The lowest BCUT2D eigenvalue weighted by atomic mass is 9.75. The van der Waals surface area contributed by atoms with E-state index in [4.69, 9.17) is 4.98 Å². The van der Waals surface area contributed by atoms with E-state index < -0.39 is 0 Å². The van der Waals surface area contributed by atoms with Gasteiger partial charge < -0.3 is 0 Å². The highest BCUT2D eigenvalue weighted by atomic mass is 15.0. The number of pyridine rings is 1. The van der Waals surface area contributed by atoms with E-state index in [9.17, 15) is 0 Å². The molecule has 0 radical (unpaired) electrons. The summed E-state index contributed by atoms with van der Waals surface area (Å²) < 4.78 is 2.18. The van der Waals surface area contributed by atoms with Crippen molar-refractivity contribution in [2.75, 3.05) is 0 Å². The van der Waals surface area contributed by atoms with Crippen LogP contribution in [0.5, 0.6) is 0 Å². The maximum Gasteiger partial charge on any atom is 0.137 e. The first-order valence-electron chi connectivity index (χ1n) is 8.47. The van der Waals surface area contributed by atoms with E-state index in [1.165, 1.54) is 21.9 Å². The Morgan fingerprint density at radius 2 is 1.78 bits per heavy atom. The van der Waals surface area contributed by atoms with Crippen LogP contribution in [0.2, 0.25) is 0 Å². The van der Waals surface area contributed by atoms with E-state index in [1.54, 1.807) is 0 Å². The molecule has 0 bridgehead atoms. The predicted octanol–water partition coefficient (Wildman–Crippen LogP) is 5.72. The molecule has 0 saturated carbocycles. The maximum atomic E-state index is 4.95. The molecule has 116 valence electrons. The Balaban J connectivity index is 2.20. The highest BCUT2D eigenvalue weighted by molar-refractivity contribution is 6.07. The molecule has 0 amide bonds. The number of aromatic nitrogens is 2. The summed E-state index contributed by atoms with van der Waals surface area (Å²) in [5.41, 5.74) is 4.94. The van der Waals surface area contributed by atoms with E-state index in [-0.39, 0.29) is 5.41 Å². The van der Waals surface area contributed by atoms with Crippen LogP contribution in [-0.2, 0) is 5.41 Å². The van der Waals surface area contributed by atoms with Crippen LogP contribution in [0, 0.1) is 0 Å². The molecule has 2 heteroatoms. The molecule has 0 aliphatic carbocycles. The molecule has 0 aliphatic rings. The molecule has 0 fully saturated rings. The number of benzene rings is 2. The normalized spacial score (nSPS) is 12.5. The molecule has 0 unspecified atom stereocenters. The number of nitrogens with zero attached hydrogens (tertiary/aromatic N) is 2. The van der Waals surface area contributed by atoms with Crippen molar-refractivity contribution in [1.29, 1.82) is 0 Å². The van der Waals surface area contributed by atoms with Crippen LogP contribution in [-0.4, -0.2) is 9.38 Å². The third-order valence-corrected chi connectivity index (χ3v) is 5.53. The van der Waals surface area contributed by atoms with Crippen LogP contribution in [0.4, 0.5) is 0 Å². The largest absolute Gasteiger partial charge is 0.300 e. The minimum Gasteiger partial charge on any atom is -0.300 e. The lowest BCUT2D eigenvalue weighted by Gasteiger charge is -2.29. The van der Waals surface area contributed by atoms with Gasteiger partial charge in [-0.25, -0.2) is 4.98 Å². The average Bonchev–Trinajstić information content (AvgIpc) is 2.99. The SMILES string of the molecule is CCC(C)(CC)c1cccc2ccc3c(nc4ccccn43)c12. The van der Waals surface area contributed by atoms with Crippen LogP contribution in [0.3, 0.4) is 0 Å². The molecular formula is C21H22N2. The number of fused-ring (bicyclic) bond motifs is 5. The molecular weight excluding hydrogens is 280 g/mol. The van der Waals surface area contributed by atoms with Crippen molar-refractivity contribution in [3.8, 4) is 0 Å². The van der Waals surface area contributed by atoms with Gasteiger partial charge in [-0.15, -0.1) is 0 Å². The van der Waals surface area contributed by atoms with Gasteiger partial charge in [-0.05, 0) is 47.4 Å². The number of imidazole rings is 1. The van der Waals surface area contributed by atoms with Crippen molar-refractivity contribution < 1.29 is 0 Å². The molecule has 0 N–H and O–H groups in total. The first-order valence-corrected chi connectivity index (χ1v) is 8.47. The Labute approximate surface area is 136 Å². The second-order valence-electron chi connectivity index (χ2n) is 6.65. The van der Waals surface area contributed by atoms with E-state index in [0.717, 1.165) is 24.0 Å². The third-order valence-electron chi connectivity index (χ3n) is 5.53. The molecule has 4 rings (SSSR count). The molecule has 23 heavy (non-hydrogen) atoms. The standard InChI is InChI=1S/C21H22N2/c1-4-21(3,5-2)16-10-8-9-15-12-13-17-20(19(15)16)22-18-11-6-7-14-23(17)18/h6-14H,4-5H2,1-3H3. The summed E-state index contributed by atoms with van der Waals surface area (Å²) in [6.07, 6.45) is 4.36. The molecule has 2 heterocycles. The molecule has 0 saturated heterocycles. The molecule has 4 aromatic rings. The fourth-order valence-electron chi connectivity index (χ4n) is 3.63. The topological polar surface area (TPSA) is 17.3 Å². The lowest BCUT2D eigenvalue weighted by molar-refractivity contribution is 0.443. The van der Waals surface area contributed by atoms with Crippen LogP contribution in [0.25, 0.3) is 27.5 Å². The lowest BCUT2D eigenvalue weighted by Crippen LogP contribution is -2.19. The Hall–Kier alpha value is -2.35. The van der Waals surface area contributed by atoms with Crippen molar-refractivity contribution in [1.82, 2.24) is 9.38 Å². The summed E-state index contributed by atoms with van der Waals surface area (Å²) in [7, 11) is 0. The second-order valence-corrected chi connectivity index (χ2v) is 6.65. The number of rotatable bonds is 3. The zero-order valence-corrected chi connectivity index (χ0v) is 14.0. The summed E-state index contributed by atoms with van der Waals surface area (Å²) in [5, 5.41) is 2.60. The number of hydrogen-bond acceptors (Lipinski definition) is 1. The minimum absolute atomic E-state index is 0.184. The first kappa shape index (κ1) is 14.3. The summed E-state index contributed by atoms with van der Waals surface area (Å²) in [5.74, 6) is 0. The highest BCUT2D eigenvalue weighted by Crippen LogP contribution is 2.38. The Morgan fingerprint density at radius 3 is 2.57 bits per heavy atom. The molecule has 0 spiro atoms. The van der Waals surface area contributed by atoms with Gasteiger partial charge in [-0.1, -0.05) is 51.1 Å². The van der Waals surface area contributed by atoms with Gasteiger partial charge in [0.1, 0.15) is 5.65 Å². The van der Waals surface area contributed by atoms with Gasteiger partial charge in [-0.2, -0.15) is 0 Å². The summed E-state index contributed by atoms with van der Waals surface area (Å²) in [4.78, 5) is 4.95. The van der Waals surface area contributed by atoms with Crippen molar-refractivity contribution in [2.45, 2.75) is 39.0 Å². The second kappa shape index (κ2) is 5.09. The Morgan fingerprint density at radius 1 is 0.957 bits per heavy atom. The quantitative estimate of drug-likeness (QED) is 0.473. The van der Waals surface area contributed by atoms with Crippen LogP contribution in [0.1, 0.15) is 39.2 Å². The van der Waals surface area contributed by atoms with Gasteiger partial charge in [0, 0.05) is 11.6 Å². The van der Waals surface area contributed by atoms with Crippen LogP contribution >= 0.6 is 0 Å². The van der Waals surface area contributed by atoms with Gasteiger partial charge in [0.2, 0.25) is 0 Å². The summed E-state index contributed by atoms with van der Waals surface area (Å²) in [6.45, 7) is 6.94. The third kappa shape index (κ3) is 1.98. The van der Waals surface area contributed by atoms with Gasteiger partial charge in [0.25, 0.3) is 0 Å². The zero-order valence-electron chi connectivity index (χ0n) is 14.0. The van der Waals surface area contributed by atoms with Crippen molar-refractivity contribution in [3.05, 3.63) is 60.3 Å². The van der Waals surface area contributed by atoms with Gasteiger partial charge in [-0.3, -0.25) is 4.40 Å². The van der Waals surface area contributed by atoms with Crippen molar-refractivity contribution >= 4 is 27.5 Å². The van der Waals surface area contributed by atoms with E-state index >= 15 is 0 Å². The molecule has 2 aromatic carbocycles. The molecule has 0 atom stereocenters. The predicted molar refractivity (Wildman–Crippen MR) is 98.1 cm³/mol. The van der Waals surface area contributed by atoms with E-state index in [1.807, 2.05) is 6.07 Å². The summed E-state index contributed by atoms with van der Waals surface area (Å²) >= 11 is 0. The fraction of sp³-hybridized carbons (Fsp3) is 0.286. The Kier molecular flexibility index (Phi) is 3.15. The molecule has 2 aromatic heterocycles. The van der Waals surface area contributed by atoms with Crippen molar-refractivity contribution in [3.63, 3.8) is 0 Å². The maximum absolute atomic E-state index is 4.95. The van der Waals surface area contributed by atoms with Crippen LogP contribution in [0.15, 0.2) is 54.7 Å². The number of hydrogen-bond donors (Lipinski definition) is 0. The zero-order chi connectivity index (χ0) is 16.0. The average molecular weight is 302 g/mol. The van der Waals surface area contributed by atoms with E-state index in [0.29, 0.717) is 0 Å². The summed E-state index contributed by atoms with van der Waals surface area (Å²) in [6, 6.07) is 17.3. The smallest absolute Gasteiger partial charge is 0.137 e. The molecule has 2 nitrogen and oxygen atoms in total.